The van der Waals surface area contributed by atoms with Crippen molar-refractivity contribution < 1.29 is 48.8 Å². The molecule has 0 aromatic carbocycles. The zero-order valence-electron chi connectivity index (χ0n) is 9.56. The van der Waals surface area contributed by atoms with Crippen LogP contribution in [0, 0.1) is 0 Å². The third kappa shape index (κ3) is 6.04. The predicted octanol–water partition coefficient (Wildman–Crippen LogP) is -3.23. The number of aliphatic hydroxyl groups excluding tert-OH is 3. The average Bonchev–Trinajstić information content (AvgIpc) is 2.26. The molecule has 1 fully saturated rings. The molecule has 0 aromatic rings. The summed E-state index contributed by atoms with van der Waals surface area (Å²) in [5.41, 5.74) is 0. The van der Waals surface area contributed by atoms with E-state index in [1.54, 1.807) is 0 Å². The van der Waals surface area contributed by atoms with Gasteiger partial charge in [-0.05, 0) is 0 Å². The summed E-state index contributed by atoms with van der Waals surface area (Å²) in [5.74, 6) is -1.30. The van der Waals surface area contributed by atoms with Crippen molar-refractivity contribution >= 4 is 43.3 Å². The molecule has 6 N–H and O–H groups in total. The summed E-state index contributed by atoms with van der Waals surface area (Å²) in [6.07, 6.45) is -8.32. The van der Waals surface area contributed by atoms with E-state index in [1.807, 2.05) is 0 Å². The van der Waals surface area contributed by atoms with E-state index in [0.29, 0.717) is 0 Å². The van der Waals surface area contributed by atoms with Crippen LogP contribution in [0.25, 0.3) is 0 Å². The Hall–Kier alpha value is 0.420. The number of carboxylic acid groups (broad SMARTS) is 1. The Bertz CT molecular complexity index is 372. The molecule has 0 saturated carbocycles. The zero-order valence-corrected chi connectivity index (χ0v) is 10.5. The molecule has 1 rings (SSSR count). The minimum absolute atomic E-state index is 0. The van der Waals surface area contributed by atoms with Crippen LogP contribution in [0.4, 0.5) is 0 Å². The van der Waals surface area contributed by atoms with Gasteiger partial charge in [0, 0.05) is 0 Å². The van der Waals surface area contributed by atoms with Crippen LogP contribution in [-0.4, -0.2) is 103 Å². The zero-order chi connectivity index (χ0) is 14.8. The molecular weight excluding hydrogens is 310 g/mol. The van der Waals surface area contributed by atoms with Gasteiger partial charge in [0.05, 0.1) is 19.1 Å². The van der Waals surface area contributed by atoms with Crippen molar-refractivity contribution in [2.45, 2.75) is 36.9 Å². The molecule has 0 aliphatic carbocycles. The molecule has 5 unspecified atom stereocenters. The summed E-state index contributed by atoms with van der Waals surface area (Å²) >= 11 is 0. The molecule has 5 atom stereocenters. The summed E-state index contributed by atoms with van der Waals surface area (Å²) in [7, 11) is -4.79. The van der Waals surface area contributed by atoms with Gasteiger partial charge in [0.1, 0.15) is 24.4 Å². The molecule has 0 radical (unpaired) electrons. The van der Waals surface area contributed by atoms with Crippen molar-refractivity contribution in [2.24, 2.45) is 0 Å². The van der Waals surface area contributed by atoms with E-state index in [4.69, 9.17) is 19.6 Å². The predicted molar refractivity (Wildman–Crippen MR) is 64.1 cm³/mol. The molecular formula is C8H16NaO10P. The van der Waals surface area contributed by atoms with Gasteiger partial charge < -0.3 is 34.9 Å². The summed E-state index contributed by atoms with van der Waals surface area (Å²) in [5, 5.41) is 37.1. The Morgan fingerprint density at radius 1 is 1.10 bits per heavy atom. The third-order valence-corrected chi connectivity index (χ3v) is 3.08. The number of hydrogen-bond acceptors (Lipinski definition) is 7. The number of hydrogen-bond donors (Lipinski definition) is 6. The number of phosphoric ester groups is 1. The van der Waals surface area contributed by atoms with Crippen molar-refractivity contribution in [3.05, 3.63) is 0 Å². The van der Waals surface area contributed by atoms with Gasteiger partial charge in [-0.15, -0.1) is 0 Å². The Labute approximate surface area is 135 Å². The van der Waals surface area contributed by atoms with Crippen molar-refractivity contribution in [2.75, 3.05) is 6.61 Å². The van der Waals surface area contributed by atoms with Crippen LogP contribution in [0.3, 0.4) is 0 Å². The first-order valence-electron chi connectivity index (χ1n) is 5.23. The van der Waals surface area contributed by atoms with Crippen LogP contribution in [0.2, 0.25) is 0 Å². The fourth-order valence-corrected chi connectivity index (χ4v) is 2.02. The van der Waals surface area contributed by atoms with E-state index >= 15 is 0 Å². The Morgan fingerprint density at radius 3 is 2.05 bits per heavy atom. The van der Waals surface area contributed by atoms with E-state index < -0.39 is 57.3 Å². The van der Waals surface area contributed by atoms with Crippen molar-refractivity contribution in [3.63, 3.8) is 0 Å². The fourth-order valence-electron chi connectivity index (χ4n) is 1.68. The van der Waals surface area contributed by atoms with Crippen LogP contribution in [0.5, 0.6) is 0 Å². The molecule has 1 heterocycles. The Balaban J connectivity index is 0.00000361. The van der Waals surface area contributed by atoms with E-state index in [2.05, 4.69) is 4.52 Å². The van der Waals surface area contributed by atoms with Crippen LogP contribution >= 0.6 is 7.82 Å². The molecule has 0 aromatic heterocycles. The molecule has 114 valence electrons. The van der Waals surface area contributed by atoms with Gasteiger partial charge in [0.2, 0.25) is 0 Å². The third-order valence-electron chi connectivity index (χ3n) is 2.59. The number of ether oxygens (including phenoxy) is 1. The molecule has 10 nitrogen and oxygen atoms in total. The maximum absolute atomic E-state index is 10.5. The van der Waals surface area contributed by atoms with E-state index in [0.717, 1.165) is 0 Å². The number of carboxylic acids is 1. The average molecular weight is 326 g/mol. The van der Waals surface area contributed by atoms with Crippen LogP contribution in [0.15, 0.2) is 0 Å². The second kappa shape index (κ2) is 8.16. The van der Waals surface area contributed by atoms with Gasteiger partial charge in [-0.2, -0.15) is 0 Å². The number of phosphoric acid groups is 1. The number of rotatable bonds is 5. The van der Waals surface area contributed by atoms with Crippen molar-refractivity contribution in [1.82, 2.24) is 0 Å². The number of aliphatic carboxylic acids is 1. The van der Waals surface area contributed by atoms with E-state index in [9.17, 15) is 24.7 Å². The molecule has 1 saturated heterocycles. The van der Waals surface area contributed by atoms with Crippen LogP contribution < -0.4 is 0 Å². The SMILES string of the molecule is O=C(O)CC1OC(COP(=O)(O)O)C(O)C(O)C1O.[NaH]. The van der Waals surface area contributed by atoms with Crippen molar-refractivity contribution in [1.29, 1.82) is 0 Å². The second-order valence-corrected chi connectivity index (χ2v) is 5.31. The second-order valence-electron chi connectivity index (χ2n) is 4.07. The van der Waals surface area contributed by atoms with Gasteiger partial charge in [-0.1, -0.05) is 0 Å². The van der Waals surface area contributed by atoms with Gasteiger partial charge in [-0.25, -0.2) is 4.57 Å². The molecule has 0 spiro atoms. The maximum atomic E-state index is 10.5. The summed E-state index contributed by atoms with van der Waals surface area (Å²) in [6, 6.07) is 0. The molecule has 0 bridgehead atoms. The van der Waals surface area contributed by atoms with Gasteiger partial charge in [-0.3, -0.25) is 9.32 Å². The van der Waals surface area contributed by atoms with Crippen LogP contribution in [-0.2, 0) is 18.6 Å². The summed E-state index contributed by atoms with van der Waals surface area (Å²) < 4.78 is 19.6. The summed E-state index contributed by atoms with van der Waals surface area (Å²) in [4.78, 5) is 27.6. The first kappa shape index (κ1) is 20.4. The summed E-state index contributed by atoms with van der Waals surface area (Å²) in [6.45, 7) is -0.759. The van der Waals surface area contributed by atoms with Gasteiger partial charge in [0.15, 0.2) is 0 Å². The van der Waals surface area contributed by atoms with Gasteiger partial charge >= 0.3 is 43.3 Å². The quantitative estimate of drug-likeness (QED) is 0.223. The molecule has 1 aliphatic heterocycles. The Morgan fingerprint density at radius 2 is 1.60 bits per heavy atom. The fraction of sp³-hybridized carbons (Fsp3) is 0.875. The molecule has 20 heavy (non-hydrogen) atoms. The van der Waals surface area contributed by atoms with Gasteiger partial charge in [0.25, 0.3) is 0 Å². The Kier molecular flexibility index (Phi) is 8.33. The monoisotopic (exact) mass is 326 g/mol. The standard InChI is InChI=1S/C8H15O10P.Na.H/c9-5(10)1-3-6(11)8(13)7(12)4(18-3)2-17-19(14,15)16;;/h3-4,6-8,11-13H,1-2H2,(H,9,10)(H2,14,15,16);;. The number of aliphatic hydroxyl groups is 3. The van der Waals surface area contributed by atoms with E-state index in [1.165, 1.54) is 0 Å². The normalized spacial score (nSPS) is 34.4. The minimum atomic E-state index is -4.79. The van der Waals surface area contributed by atoms with Crippen LogP contribution in [0.1, 0.15) is 6.42 Å². The first-order chi connectivity index (χ1) is 8.61. The first-order valence-corrected chi connectivity index (χ1v) is 6.76. The molecule has 1 aliphatic rings. The van der Waals surface area contributed by atoms with Crippen molar-refractivity contribution in [3.8, 4) is 0 Å². The number of carbonyl (C=O) groups is 1. The van der Waals surface area contributed by atoms with E-state index in [-0.39, 0.29) is 29.6 Å². The topological polar surface area (TPSA) is 174 Å². The molecule has 0 amide bonds. The molecule has 12 heteroatoms.